The van der Waals surface area contributed by atoms with Crippen LogP contribution < -0.4 is 5.32 Å². The van der Waals surface area contributed by atoms with E-state index in [0.29, 0.717) is 13.2 Å². The molecule has 0 saturated heterocycles. The van der Waals surface area contributed by atoms with Gasteiger partial charge in [-0.15, -0.1) is 0 Å². The van der Waals surface area contributed by atoms with E-state index >= 15 is 0 Å². The Kier molecular flexibility index (Phi) is 8.22. The Morgan fingerprint density at radius 3 is 2.29 bits per heavy atom. The third kappa shape index (κ3) is 7.62. The lowest BCUT2D eigenvalue weighted by Gasteiger charge is -2.40. The maximum absolute atomic E-state index is 6.31. The van der Waals surface area contributed by atoms with E-state index in [0.717, 1.165) is 19.0 Å². The van der Waals surface area contributed by atoms with Crippen molar-refractivity contribution in [2.24, 2.45) is 5.92 Å². The SMILES string of the molecule is CCCC1CCC(CNCC)(OCCOC(C)(C)C)CC1. The summed E-state index contributed by atoms with van der Waals surface area (Å²) in [5, 5.41) is 3.50. The molecule has 0 atom stereocenters. The standard InChI is InChI=1S/C18H37NO2/c1-6-8-16-9-11-18(12-10-16,15-19-7-2)21-14-13-20-17(3,4)5/h16,19H,6-15H2,1-5H3. The summed E-state index contributed by atoms with van der Waals surface area (Å²) in [6.07, 6.45) is 7.72. The number of ether oxygens (including phenoxy) is 2. The maximum Gasteiger partial charge on any atom is 0.0807 e. The molecule has 1 rings (SSSR count). The average Bonchev–Trinajstić information content (AvgIpc) is 2.43. The van der Waals surface area contributed by atoms with Crippen LogP contribution in [-0.2, 0) is 9.47 Å². The molecular weight excluding hydrogens is 262 g/mol. The molecule has 0 aromatic rings. The molecule has 0 radical (unpaired) electrons. The second-order valence-corrected chi connectivity index (χ2v) is 7.50. The summed E-state index contributed by atoms with van der Waals surface area (Å²) in [5.74, 6) is 0.916. The summed E-state index contributed by atoms with van der Waals surface area (Å²) < 4.78 is 12.1. The van der Waals surface area contributed by atoms with Crippen LogP contribution in [-0.4, -0.2) is 37.5 Å². The average molecular weight is 299 g/mol. The number of hydrogen-bond acceptors (Lipinski definition) is 3. The lowest BCUT2D eigenvalue weighted by Crippen LogP contribution is -2.46. The molecule has 21 heavy (non-hydrogen) atoms. The van der Waals surface area contributed by atoms with E-state index in [9.17, 15) is 0 Å². The smallest absolute Gasteiger partial charge is 0.0807 e. The fraction of sp³-hybridized carbons (Fsp3) is 1.00. The van der Waals surface area contributed by atoms with Crippen molar-refractivity contribution in [2.75, 3.05) is 26.3 Å². The summed E-state index contributed by atoms with van der Waals surface area (Å²) >= 11 is 0. The highest BCUT2D eigenvalue weighted by atomic mass is 16.5. The van der Waals surface area contributed by atoms with Gasteiger partial charge < -0.3 is 14.8 Å². The van der Waals surface area contributed by atoms with Gasteiger partial charge in [0.2, 0.25) is 0 Å². The predicted octanol–water partition coefficient (Wildman–Crippen LogP) is 4.16. The molecule has 0 aromatic carbocycles. The summed E-state index contributed by atoms with van der Waals surface area (Å²) in [6.45, 7) is 14.1. The third-order valence-corrected chi connectivity index (χ3v) is 4.44. The zero-order valence-corrected chi connectivity index (χ0v) is 15.0. The van der Waals surface area contributed by atoms with Crippen LogP contribution in [0.25, 0.3) is 0 Å². The van der Waals surface area contributed by atoms with E-state index in [4.69, 9.17) is 9.47 Å². The highest BCUT2D eigenvalue weighted by Gasteiger charge is 2.35. The zero-order chi connectivity index (χ0) is 15.8. The van der Waals surface area contributed by atoms with Crippen molar-refractivity contribution in [3.63, 3.8) is 0 Å². The molecule has 3 nitrogen and oxygen atoms in total. The Hall–Kier alpha value is -0.120. The first-order valence-electron chi connectivity index (χ1n) is 8.89. The molecule has 126 valence electrons. The van der Waals surface area contributed by atoms with Gasteiger partial charge in [-0.3, -0.25) is 0 Å². The normalized spacial score (nSPS) is 27.0. The topological polar surface area (TPSA) is 30.5 Å². The second kappa shape index (κ2) is 9.12. The molecule has 3 heteroatoms. The van der Waals surface area contributed by atoms with Crippen molar-refractivity contribution < 1.29 is 9.47 Å². The van der Waals surface area contributed by atoms with Gasteiger partial charge in [-0.05, 0) is 58.9 Å². The molecule has 0 spiro atoms. The van der Waals surface area contributed by atoms with Gasteiger partial charge in [0.1, 0.15) is 0 Å². The van der Waals surface area contributed by atoms with Gasteiger partial charge >= 0.3 is 0 Å². The number of likely N-dealkylation sites (N-methyl/N-ethyl adjacent to an activating group) is 1. The van der Waals surface area contributed by atoms with Gasteiger partial charge in [0.15, 0.2) is 0 Å². The Bertz CT molecular complexity index is 265. The molecule has 0 aromatic heterocycles. The van der Waals surface area contributed by atoms with Crippen LogP contribution in [0.3, 0.4) is 0 Å². The van der Waals surface area contributed by atoms with Gasteiger partial charge in [0.25, 0.3) is 0 Å². The van der Waals surface area contributed by atoms with Crippen LogP contribution in [0.5, 0.6) is 0 Å². The Labute approximate surface area is 132 Å². The highest BCUT2D eigenvalue weighted by molar-refractivity contribution is 4.89. The first-order valence-corrected chi connectivity index (χ1v) is 8.89. The van der Waals surface area contributed by atoms with Crippen molar-refractivity contribution in [1.82, 2.24) is 5.32 Å². The molecule has 1 aliphatic rings. The molecule has 0 amide bonds. The lowest BCUT2D eigenvalue weighted by molar-refractivity contribution is -0.110. The van der Waals surface area contributed by atoms with E-state index in [1.807, 2.05) is 0 Å². The molecule has 0 unspecified atom stereocenters. The minimum absolute atomic E-state index is 0.0432. The first kappa shape index (κ1) is 18.9. The van der Waals surface area contributed by atoms with Crippen molar-refractivity contribution in [3.8, 4) is 0 Å². The van der Waals surface area contributed by atoms with E-state index in [1.54, 1.807) is 0 Å². The molecule has 1 saturated carbocycles. The van der Waals surface area contributed by atoms with Gasteiger partial charge in [-0.1, -0.05) is 26.7 Å². The predicted molar refractivity (Wildman–Crippen MR) is 89.8 cm³/mol. The first-order chi connectivity index (χ1) is 9.91. The molecule has 0 heterocycles. The molecule has 0 aliphatic heterocycles. The van der Waals surface area contributed by atoms with E-state index in [1.165, 1.54) is 38.5 Å². The van der Waals surface area contributed by atoms with Crippen LogP contribution in [0.4, 0.5) is 0 Å². The van der Waals surface area contributed by atoms with Gasteiger partial charge in [-0.2, -0.15) is 0 Å². The maximum atomic E-state index is 6.31. The fourth-order valence-corrected chi connectivity index (χ4v) is 3.23. The summed E-state index contributed by atoms with van der Waals surface area (Å²) in [7, 11) is 0. The third-order valence-electron chi connectivity index (χ3n) is 4.44. The number of rotatable bonds is 9. The van der Waals surface area contributed by atoms with Crippen LogP contribution >= 0.6 is 0 Å². The summed E-state index contributed by atoms with van der Waals surface area (Å²) in [5.41, 5.74) is -0.0293. The Morgan fingerprint density at radius 2 is 1.76 bits per heavy atom. The molecule has 1 fully saturated rings. The Morgan fingerprint density at radius 1 is 1.10 bits per heavy atom. The van der Waals surface area contributed by atoms with Crippen molar-refractivity contribution in [3.05, 3.63) is 0 Å². The van der Waals surface area contributed by atoms with Crippen molar-refractivity contribution in [2.45, 2.75) is 84.3 Å². The Balaban J connectivity index is 2.40. The van der Waals surface area contributed by atoms with Crippen molar-refractivity contribution >= 4 is 0 Å². The molecular formula is C18H37NO2. The largest absolute Gasteiger partial charge is 0.373 e. The zero-order valence-electron chi connectivity index (χ0n) is 15.0. The monoisotopic (exact) mass is 299 g/mol. The summed E-state index contributed by atoms with van der Waals surface area (Å²) in [4.78, 5) is 0. The van der Waals surface area contributed by atoms with Crippen LogP contribution in [0.1, 0.15) is 73.1 Å². The molecule has 1 aliphatic carbocycles. The van der Waals surface area contributed by atoms with Gasteiger partial charge in [0, 0.05) is 6.54 Å². The molecule has 1 N–H and O–H groups in total. The second-order valence-electron chi connectivity index (χ2n) is 7.50. The minimum Gasteiger partial charge on any atom is -0.373 e. The summed E-state index contributed by atoms with van der Waals surface area (Å²) in [6, 6.07) is 0. The van der Waals surface area contributed by atoms with Crippen LogP contribution in [0.15, 0.2) is 0 Å². The molecule has 0 bridgehead atoms. The fourth-order valence-electron chi connectivity index (χ4n) is 3.23. The number of nitrogens with one attached hydrogen (secondary N) is 1. The van der Waals surface area contributed by atoms with E-state index < -0.39 is 0 Å². The van der Waals surface area contributed by atoms with Crippen molar-refractivity contribution in [1.29, 1.82) is 0 Å². The van der Waals surface area contributed by atoms with Crippen LogP contribution in [0.2, 0.25) is 0 Å². The quantitative estimate of drug-likeness (QED) is 0.649. The van der Waals surface area contributed by atoms with Crippen LogP contribution in [0, 0.1) is 5.92 Å². The van der Waals surface area contributed by atoms with E-state index in [2.05, 4.69) is 39.9 Å². The number of hydrogen-bond donors (Lipinski definition) is 1. The minimum atomic E-state index is -0.0724. The highest BCUT2D eigenvalue weighted by Crippen LogP contribution is 2.36. The lowest BCUT2D eigenvalue weighted by atomic mass is 9.77. The van der Waals surface area contributed by atoms with Gasteiger partial charge in [-0.25, -0.2) is 0 Å². The van der Waals surface area contributed by atoms with E-state index in [-0.39, 0.29) is 11.2 Å². The van der Waals surface area contributed by atoms with Gasteiger partial charge in [0.05, 0.1) is 24.4 Å².